The molecule has 9 heteroatoms. The first-order valence-electron chi connectivity index (χ1n) is 11.2. The summed E-state index contributed by atoms with van der Waals surface area (Å²) in [5, 5.41) is 3.73. The minimum absolute atomic E-state index is 0.0330. The first-order valence-corrected chi connectivity index (χ1v) is 12.6. The Labute approximate surface area is 220 Å². The zero-order chi connectivity index (χ0) is 25.9. The smallest absolute Gasteiger partial charge is 0.276 e. The van der Waals surface area contributed by atoms with E-state index in [0.29, 0.717) is 21.9 Å². The summed E-state index contributed by atoms with van der Waals surface area (Å²) in [6.07, 6.45) is 1.38. The number of nitrogens with zero attached hydrogens (tertiary/aromatic N) is 2. The van der Waals surface area contributed by atoms with Crippen LogP contribution in [0.25, 0.3) is 11.0 Å². The van der Waals surface area contributed by atoms with Crippen molar-refractivity contribution in [1.82, 2.24) is 9.97 Å². The fourth-order valence-corrected chi connectivity index (χ4v) is 4.80. The molecule has 37 heavy (non-hydrogen) atoms. The minimum Gasteiger partial charge on any atom is -0.450 e. The van der Waals surface area contributed by atoms with Crippen molar-refractivity contribution >= 4 is 51.7 Å². The predicted molar refractivity (Wildman–Crippen MR) is 142 cm³/mol. The highest BCUT2D eigenvalue weighted by Gasteiger charge is 2.25. The first kappa shape index (κ1) is 24.7. The molecule has 0 atom stereocenters. The van der Waals surface area contributed by atoms with Gasteiger partial charge in [0.2, 0.25) is 5.78 Å². The van der Waals surface area contributed by atoms with Crippen LogP contribution >= 0.6 is 23.4 Å². The van der Waals surface area contributed by atoms with Crippen LogP contribution in [0.5, 0.6) is 0 Å². The number of carbonyl (C=O) groups is 2. The normalized spacial score (nSPS) is 11.0. The highest BCUT2D eigenvalue weighted by molar-refractivity contribution is 7.98. The van der Waals surface area contributed by atoms with Crippen molar-refractivity contribution in [3.8, 4) is 0 Å². The first-order chi connectivity index (χ1) is 17.9. The second-order valence-corrected chi connectivity index (χ2v) is 9.51. The number of hydrogen-bond acceptors (Lipinski definition) is 6. The molecule has 5 aromatic rings. The molecule has 0 aliphatic heterocycles. The van der Waals surface area contributed by atoms with Crippen LogP contribution in [0, 0.1) is 12.7 Å². The summed E-state index contributed by atoms with van der Waals surface area (Å²) in [6, 6.07) is 20.0. The van der Waals surface area contributed by atoms with Crippen LogP contribution in [0.4, 0.5) is 10.1 Å². The van der Waals surface area contributed by atoms with Gasteiger partial charge in [0.1, 0.15) is 11.4 Å². The molecular formula is C28H19ClFN3O3S. The molecule has 6 nitrogen and oxygen atoms in total. The summed E-state index contributed by atoms with van der Waals surface area (Å²) >= 11 is 7.66. The fraction of sp³-hybridized carbons (Fsp3) is 0.0714. The van der Waals surface area contributed by atoms with Gasteiger partial charge in [-0.05, 0) is 54.4 Å². The van der Waals surface area contributed by atoms with Gasteiger partial charge in [0.15, 0.2) is 16.6 Å². The van der Waals surface area contributed by atoms with Crippen LogP contribution in [-0.4, -0.2) is 21.7 Å². The van der Waals surface area contributed by atoms with Gasteiger partial charge in [-0.2, -0.15) is 0 Å². The molecule has 1 amide bonds. The number of rotatable bonds is 7. The van der Waals surface area contributed by atoms with Gasteiger partial charge < -0.3 is 9.73 Å². The molecule has 184 valence electrons. The molecule has 2 aromatic heterocycles. The summed E-state index contributed by atoms with van der Waals surface area (Å²) < 4.78 is 19.2. The van der Waals surface area contributed by atoms with Gasteiger partial charge in [0, 0.05) is 16.7 Å². The van der Waals surface area contributed by atoms with Crippen LogP contribution in [0.1, 0.15) is 37.7 Å². The van der Waals surface area contributed by atoms with Crippen LogP contribution in [0.3, 0.4) is 0 Å². The van der Waals surface area contributed by atoms with Crippen molar-refractivity contribution in [2.45, 2.75) is 17.8 Å². The number of benzene rings is 3. The molecule has 0 radical (unpaired) electrons. The van der Waals surface area contributed by atoms with E-state index in [2.05, 4.69) is 15.3 Å². The molecule has 0 fully saturated rings. The molecule has 5 rings (SSSR count). The third-order valence-electron chi connectivity index (χ3n) is 5.70. The molecule has 0 aliphatic carbocycles. The molecule has 0 spiro atoms. The van der Waals surface area contributed by atoms with Crippen LogP contribution in [0.2, 0.25) is 5.02 Å². The number of anilines is 1. The largest absolute Gasteiger partial charge is 0.450 e. The predicted octanol–water partition coefficient (Wildman–Crippen LogP) is 7.10. The molecule has 2 heterocycles. The molecular weight excluding hydrogens is 513 g/mol. The lowest BCUT2D eigenvalue weighted by Crippen LogP contribution is -2.17. The summed E-state index contributed by atoms with van der Waals surface area (Å²) in [4.78, 5) is 35.1. The number of halogens is 2. The van der Waals surface area contributed by atoms with Crippen LogP contribution in [-0.2, 0) is 5.75 Å². The van der Waals surface area contributed by atoms with Crippen molar-refractivity contribution < 1.29 is 18.4 Å². The topological polar surface area (TPSA) is 85.1 Å². The number of amides is 1. The van der Waals surface area contributed by atoms with Gasteiger partial charge in [-0.25, -0.2) is 14.4 Å². The lowest BCUT2D eigenvalue weighted by atomic mass is 10.1. The van der Waals surface area contributed by atoms with E-state index >= 15 is 0 Å². The van der Waals surface area contributed by atoms with Gasteiger partial charge in [-0.3, -0.25) is 9.59 Å². The Morgan fingerprint density at radius 2 is 1.76 bits per heavy atom. The van der Waals surface area contributed by atoms with E-state index in [4.69, 9.17) is 16.0 Å². The molecule has 0 unspecified atom stereocenters. The molecule has 0 aliphatic rings. The van der Waals surface area contributed by atoms with Crippen molar-refractivity contribution in [1.29, 1.82) is 0 Å². The van der Waals surface area contributed by atoms with Crippen molar-refractivity contribution in [3.05, 3.63) is 118 Å². The van der Waals surface area contributed by atoms with Crippen molar-refractivity contribution in [3.63, 3.8) is 0 Å². The Kier molecular flexibility index (Phi) is 7.03. The van der Waals surface area contributed by atoms with Gasteiger partial charge in [0.05, 0.1) is 16.9 Å². The summed E-state index contributed by atoms with van der Waals surface area (Å²) in [7, 11) is 0. The van der Waals surface area contributed by atoms with Gasteiger partial charge in [-0.1, -0.05) is 59.8 Å². The summed E-state index contributed by atoms with van der Waals surface area (Å²) in [5.41, 5.74) is 3.04. The van der Waals surface area contributed by atoms with E-state index in [9.17, 15) is 14.0 Å². The number of para-hydroxylation sites is 1. The lowest BCUT2D eigenvalue weighted by Gasteiger charge is -2.09. The Balaban J connectivity index is 1.45. The maximum Gasteiger partial charge on any atom is 0.276 e. The number of nitrogens with one attached hydrogen (secondary N) is 1. The Morgan fingerprint density at radius 3 is 2.54 bits per heavy atom. The summed E-state index contributed by atoms with van der Waals surface area (Å²) in [5.74, 6) is -1.05. The average molecular weight is 532 g/mol. The molecule has 0 saturated carbocycles. The fourth-order valence-electron chi connectivity index (χ4n) is 3.73. The monoisotopic (exact) mass is 531 g/mol. The second kappa shape index (κ2) is 10.5. The second-order valence-electron chi connectivity index (χ2n) is 8.16. The third-order valence-corrected chi connectivity index (χ3v) is 6.89. The zero-order valence-electron chi connectivity index (χ0n) is 19.5. The highest BCUT2D eigenvalue weighted by atomic mass is 35.5. The SMILES string of the molecule is Cc1ccccc1CSc1ncc(Cl)c(C(=O)Nc2c(C(=O)c3ccc(F)cc3)oc3ccccc23)n1. The standard InChI is InChI=1S/C28H19ClFN3O3S/c1-16-6-2-3-7-18(16)15-37-28-31-14-21(29)24(33-28)27(35)32-23-20-8-4-5-9-22(20)36-26(23)25(34)17-10-12-19(30)13-11-17/h2-14H,15H2,1H3,(H,32,35). The highest BCUT2D eigenvalue weighted by Crippen LogP contribution is 2.33. The Bertz CT molecular complexity index is 1640. The summed E-state index contributed by atoms with van der Waals surface area (Å²) in [6.45, 7) is 2.03. The van der Waals surface area contributed by atoms with Crippen molar-refractivity contribution in [2.24, 2.45) is 0 Å². The van der Waals surface area contributed by atoms with Crippen LogP contribution < -0.4 is 5.32 Å². The van der Waals surface area contributed by atoms with E-state index in [-0.39, 0.29) is 27.7 Å². The number of carbonyl (C=O) groups excluding carboxylic acids is 2. The number of aryl methyl sites for hydroxylation is 1. The lowest BCUT2D eigenvalue weighted by molar-refractivity contribution is 0.101. The molecule has 1 N–H and O–H groups in total. The number of hydrogen-bond donors (Lipinski definition) is 1. The maximum absolute atomic E-state index is 13.4. The van der Waals surface area contributed by atoms with Gasteiger partial charge in [0.25, 0.3) is 5.91 Å². The van der Waals surface area contributed by atoms with Crippen LogP contribution in [0.15, 0.2) is 88.6 Å². The minimum atomic E-state index is -0.621. The van der Waals surface area contributed by atoms with E-state index in [1.807, 2.05) is 31.2 Å². The number of furan rings is 1. The number of thioether (sulfide) groups is 1. The van der Waals surface area contributed by atoms with E-state index in [0.717, 1.165) is 11.1 Å². The number of aromatic nitrogens is 2. The number of fused-ring (bicyclic) bond motifs is 1. The third kappa shape index (κ3) is 5.26. The molecule has 0 saturated heterocycles. The maximum atomic E-state index is 13.4. The Morgan fingerprint density at radius 1 is 1.03 bits per heavy atom. The van der Waals surface area contributed by atoms with E-state index in [1.165, 1.54) is 42.2 Å². The average Bonchev–Trinajstić information content (AvgIpc) is 3.27. The Hall–Kier alpha value is -4.01. The molecule has 3 aromatic carbocycles. The van der Waals surface area contributed by atoms with E-state index in [1.54, 1.807) is 24.3 Å². The molecule has 0 bridgehead atoms. The van der Waals surface area contributed by atoms with E-state index < -0.39 is 17.5 Å². The zero-order valence-corrected chi connectivity index (χ0v) is 21.1. The van der Waals surface area contributed by atoms with Gasteiger partial charge >= 0.3 is 0 Å². The number of ketones is 1. The quantitative estimate of drug-likeness (QED) is 0.137. The van der Waals surface area contributed by atoms with Crippen molar-refractivity contribution in [2.75, 3.05) is 5.32 Å². The van der Waals surface area contributed by atoms with Gasteiger partial charge in [-0.15, -0.1) is 0 Å².